The number of phosphoric acid groups is 1. The molecule has 0 spiro atoms. The first-order valence-electron chi connectivity index (χ1n) is 13.8. The van der Waals surface area contributed by atoms with Crippen molar-refractivity contribution in [1.82, 2.24) is 29.1 Å². The van der Waals surface area contributed by atoms with E-state index in [4.69, 9.17) is 40.5 Å². The summed E-state index contributed by atoms with van der Waals surface area (Å²) in [7, 11) is -2.77. The maximum atomic E-state index is 13.0. The van der Waals surface area contributed by atoms with Crippen LogP contribution in [0.1, 0.15) is 25.3 Å². The van der Waals surface area contributed by atoms with Gasteiger partial charge in [0.25, 0.3) is 22.4 Å². The number of nitrogens with two attached hydrogens (primary N) is 2. The number of hydrogen-bond acceptors (Lipinski definition) is 15. The van der Waals surface area contributed by atoms with Gasteiger partial charge >= 0.3 is 7.82 Å². The Morgan fingerprint density at radius 3 is 2.02 bits per heavy atom. The predicted molar refractivity (Wildman–Crippen MR) is 154 cm³/mol. The number of nitriles is 2. The molecular formula is C22H25B2N12O10P. The van der Waals surface area contributed by atoms with Crippen molar-refractivity contribution in [3.8, 4) is 11.9 Å². The van der Waals surface area contributed by atoms with Crippen LogP contribution in [0.15, 0.2) is 22.2 Å². The minimum Gasteiger partial charge on any atom is -0.465 e. The molecule has 4 aromatic rings. The molecular weight excluding hydrogens is 645 g/mol. The van der Waals surface area contributed by atoms with E-state index in [1.807, 2.05) is 11.9 Å². The number of fused-ring (bicyclic) bond motifs is 2. The van der Waals surface area contributed by atoms with Crippen LogP contribution in [0.25, 0.3) is 22.3 Å². The zero-order valence-electron chi connectivity index (χ0n) is 24.0. The van der Waals surface area contributed by atoms with Crippen molar-refractivity contribution in [2.45, 2.75) is 49.7 Å². The summed E-state index contributed by atoms with van der Waals surface area (Å²) >= 11 is 0. The summed E-state index contributed by atoms with van der Waals surface area (Å²) in [6.07, 6.45) is -4.02. The number of aromatic amines is 2. The van der Waals surface area contributed by atoms with E-state index >= 15 is 0 Å². The van der Waals surface area contributed by atoms with Crippen molar-refractivity contribution in [3.63, 3.8) is 0 Å². The Kier molecular flexibility index (Phi) is 8.61. The molecule has 2 aliphatic heterocycles. The zero-order valence-corrected chi connectivity index (χ0v) is 24.9. The number of aliphatic hydroxyl groups is 2. The molecule has 6 heterocycles. The third kappa shape index (κ3) is 6.12. The van der Waals surface area contributed by atoms with Crippen molar-refractivity contribution in [3.05, 3.63) is 33.4 Å². The van der Waals surface area contributed by atoms with Gasteiger partial charge in [-0.1, -0.05) is 0 Å². The Hall–Kier alpha value is -4.64. The molecule has 0 aromatic carbocycles. The van der Waals surface area contributed by atoms with Crippen LogP contribution < -0.4 is 31.5 Å². The zero-order chi connectivity index (χ0) is 33.6. The summed E-state index contributed by atoms with van der Waals surface area (Å²) in [5.74, 6) is 3.22. The van der Waals surface area contributed by atoms with E-state index in [0.29, 0.717) is 0 Å². The summed E-state index contributed by atoms with van der Waals surface area (Å²) in [4.78, 5) is 48.5. The van der Waals surface area contributed by atoms with Crippen molar-refractivity contribution in [2.75, 3.05) is 24.7 Å². The van der Waals surface area contributed by atoms with Crippen LogP contribution in [0.2, 0.25) is 0 Å². The van der Waals surface area contributed by atoms with Gasteiger partial charge in [0, 0.05) is 12.8 Å². The SMILES string of the molecule is N#C[B-][n+]1cn(C2CC(O)C(COP(=O)(O)OC3CC(n4c[n+]([B-]C#N)c5c(=O)[nH]c(N)nc54)OC3CO)O2)c2nc(N)[nH]c(=O)c21. The third-order valence-electron chi connectivity index (χ3n) is 7.54. The number of nitrogen functional groups attached to an aromatic ring is 2. The number of anilines is 2. The van der Waals surface area contributed by atoms with Gasteiger partial charge in [0.1, 0.15) is 18.3 Å². The molecule has 2 saturated heterocycles. The van der Waals surface area contributed by atoms with Gasteiger partial charge in [-0.25, -0.2) is 4.57 Å². The lowest BCUT2D eigenvalue weighted by molar-refractivity contribution is -0.499. The lowest BCUT2D eigenvalue weighted by atomic mass is 9.98. The fraction of sp³-hybridized carbons (Fsp3) is 0.455. The Balaban J connectivity index is 1.15. The van der Waals surface area contributed by atoms with Crippen LogP contribution in [0.3, 0.4) is 0 Å². The lowest BCUT2D eigenvalue weighted by Crippen LogP contribution is -2.41. The van der Waals surface area contributed by atoms with E-state index in [9.17, 15) is 29.3 Å². The van der Waals surface area contributed by atoms with Crippen LogP contribution in [0.4, 0.5) is 11.9 Å². The largest absolute Gasteiger partial charge is 0.472 e. The molecule has 0 amide bonds. The Morgan fingerprint density at radius 1 is 1.00 bits per heavy atom. The normalized spacial score (nSPS) is 25.6. The van der Waals surface area contributed by atoms with Crippen molar-refractivity contribution in [2.24, 2.45) is 0 Å². The van der Waals surface area contributed by atoms with Crippen LogP contribution in [0.5, 0.6) is 0 Å². The second-order valence-electron chi connectivity index (χ2n) is 10.5. The van der Waals surface area contributed by atoms with Gasteiger partial charge in [0.05, 0.1) is 34.1 Å². The van der Waals surface area contributed by atoms with Gasteiger partial charge in [-0.2, -0.15) is 31.0 Å². The maximum Gasteiger partial charge on any atom is 0.472 e. The molecule has 22 nitrogen and oxygen atoms in total. The third-order valence-corrected chi connectivity index (χ3v) is 8.55. The summed E-state index contributed by atoms with van der Waals surface area (Å²) in [5.41, 5.74) is 10.2. The molecule has 2 fully saturated rings. The number of aliphatic hydroxyl groups excluding tert-OH is 2. The summed E-state index contributed by atoms with van der Waals surface area (Å²) in [5, 5.41) is 38.9. The van der Waals surface area contributed by atoms with Gasteiger partial charge in [-0.3, -0.25) is 39.1 Å². The van der Waals surface area contributed by atoms with Crippen LogP contribution >= 0.6 is 7.82 Å². The van der Waals surface area contributed by atoms with Crippen LogP contribution in [-0.2, 0) is 23.1 Å². The van der Waals surface area contributed by atoms with Crippen molar-refractivity contribution < 1.29 is 47.1 Å². The van der Waals surface area contributed by atoms with E-state index in [-0.39, 0.29) is 47.1 Å². The van der Waals surface area contributed by atoms with Gasteiger partial charge in [-0.15, -0.1) is 0 Å². The summed E-state index contributed by atoms with van der Waals surface area (Å²) in [6, 6.07) is 0. The highest BCUT2D eigenvalue weighted by Gasteiger charge is 2.45. The van der Waals surface area contributed by atoms with E-state index in [1.165, 1.54) is 30.7 Å². The minimum absolute atomic E-state index is 0.000652. The first kappa shape index (κ1) is 32.3. The molecule has 0 bridgehead atoms. The highest BCUT2D eigenvalue weighted by Crippen LogP contribution is 2.49. The van der Waals surface area contributed by atoms with Gasteiger partial charge in [0.2, 0.25) is 35.4 Å². The molecule has 25 heteroatoms. The molecule has 244 valence electrons. The van der Waals surface area contributed by atoms with Crippen LogP contribution in [-0.4, -0.2) is 96.6 Å². The monoisotopic (exact) mass is 670 g/mol. The highest BCUT2D eigenvalue weighted by atomic mass is 31.2. The molecule has 9 N–H and O–H groups in total. The lowest BCUT2D eigenvalue weighted by Gasteiger charge is -2.21. The number of H-pyrrole nitrogens is 2. The van der Waals surface area contributed by atoms with Gasteiger partial charge < -0.3 is 45.0 Å². The molecule has 4 radical (unpaired) electrons. The fourth-order valence-electron chi connectivity index (χ4n) is 5.56. The predicted octanol–water partition coefficient (Wildman–Crippen LogP) is -4.47. The van der Waals surface area contributed by atoms with E-state index < -0.39 is 69.0 Å². The van der Waals surface area contributed by atoms with Gasteiger partial charge in [-0.05, 0) is 0 Å². The summed E-state index contributed by atoms with van der Waals surface area (Å²) < 4.78 is 40.4. The number of aromatic nitrogens is 8. The van der Waals surface area contributed by atoms with Crippen molar-refractivity contribution in [1.29, 1.82) is 10.5 Å². The molecule has 6 rings (SSSR count). The second-order valence-corrected chi connectivity index (χ2v) is 11.9. The Bertz CT molecular complexity index is 2110. The molecule has 0 aliphatic carbocycles. The average Bonchev–Trinajstić information content (AvgIpc) is 3.75. The molecule has 0 saturated carbocycles. The van der Waals surface area contributed by atoms with Gasteiger partial charge in [0.15, 0.2) is 12.7 Å². The topological polar surface area (TPSA) is 323 Å². The smallest absolute Gasteiger partial charge is 0.465 e. The number of nitrogens with zero attached hydrogens (tertiary/aromatic N) is 8. The number of imidazole rings is 2. The summed E-state index contributed by atoms with van der Waals surface area (Å²) in [6.45, 7) is -1.23. The fourth-order valence-corrected chi connectivity index (χ4v) is 6.52. The number of nitrogens with one attached hydrogen (secondary N) is 2. The molecule has 7 unspecified atom stereocenters. The second kappa shape index (κ2) is 12.5. The maximum absolute atomic E-state index is 13.0. The number of rotatable bonds is 10. The number of hydrogen-bond donors (Lipinski definition) is 7. The van der Waals surface area contributed by atoms with Crippen molar-refractivity contribution >= 4 is 56.9 Å². The highest BCUT2D eigenvalue weighted by molar-refractivity contribution is 7.47. The number of ether oxygens (including phenoxy) is 2. The minimum atomic E-state index is -4.87. The Morgan fingerprint density at radius 2 is 1.51 bits per heavy atom. The Labute approximate surface area is 263 Å². The van der Waals surface area contributed by atoms with Crippen LogP contribution in [0, 0.1) is 22.5 Å². The van der Waals surface area contributed by atoms with E-state index in [1.54, 1.807) is 0 Å². The first-order valence-corrected chi connectivity index (χ1v) is 15.3. The first-order chi connectivity index (χ1) is 22.4. The molecule has 2 aliphatic rings. The van der Waals surface area contributed by atoms with E-state index in [0.717, 1.165) is 14.8 Å². The van der Waals surface area contributed by atoms with E-state index in [2.05, 4.69) is 19.9 Å². The molecule has 47 heavy (non-hydrogen) atoms. The average molecular weight is 670 g/mol. The standard InChI is InChI=1S/C22H23B2N12O10P/c25-5-23-35-7-33(17-15(35)19(39)31-21(27)29-17)13-1-9(38)12(45-13)4-43-47(41,42)46-10-2-14(44-11(10)3-37)34-8-36(24-6-26)16-18(34)30-22(28)32-20(16)40/h7-14,37-38H,1-4H2,(H5-2,27,28,29,30,31,32,39,40,41,42)/q-2/p+2. The molecule has 4 aromatic heterocycles. The number of phosphoric ester groups is 1. The molecule has 7 atom stereocenters. The quantitative estimate of drug-likeness (QED) is 0.0618.